The monoisotopic (exact) mass is 272 g/mol. The van der Waals surface area contributed by atoms with Crippen LogP contribution in [0.5, 0.6) is 0 Å². The molecule has 0 bridgehead atoms. The Morgan fingerprint density at radius 2 is 1.57 bits per heavy atom. The van der Waals surface area contributed by atoms with Crippen LogP contribution in [0.2, 0.25) is 0 Å². The molecule has 0 radical (unpaired) electrons. The maximum atomic E-state index is 6.11. The van der Waals surface area contributed by atoms with Crippen molar-refractivity contribution in [3.05, 3.63) is 72.5 Å². The standard InChI is InChI=1S/C20H16O/c1-2-17-19(15-9-4-3-5-10-15)20-16-11-7-6-8-14(16)12-13-18(20)21-17/h3-13H,2H2,1H3. The van der Waals surface area contributed by atoms with Gasteiger partial charge in [-0.05, 0) is 22.4 Å². The molecule has 0 aliphatic heterocycles. The average Bonchev–Trinajstić information content (AvgIpc) is 2.94. The van der Waals surface area contributed by atoms with Gasteiger partial charge in [0.2, 0.25) is 0 Å². The highest BCUT2D eigenvalue weighted by Crippen LogP contribution is 2.39. The lowest BCUT2D eigenvalue weighted by Crippen LogP contribution is -1.83. The van der Waals surface area contributed by atoms with E-state index in [4.69, 9.17) is 4.42 Å². The van der Waals surface area contributed by atoms with E-state index in [9.17, 15) is 0 Å². The van der Waals surface area contributed by atoms with Crippen LogP contribution in [0.25, 0.3) is 32.9 Å². The Balaban J connectivity index is 2.19. The molecular formula is C20H16O. The molecule has 1 aromatic heterocycles. The van der Waals surface area contributed by atoms with E-state index < -0.39 is 0 Å². The van der Waals surface area contributed by atoms with Crippen LogP contribution in [-0.2, 0) is 6.42 Å². The molecule has 0 saturated carbocycles. The molecule has 0 amide bonds. The van der Waals surface area contributed by atoms with E-state index in [0.717, 1.165) is 17.8 Å². The number of aryl methyl sites for hydroxylation is 1. The SMILES string of the molecule is CCc1oc2ccc3ccccc3c2c1-c1ccccc1. The lowest BCUT2D eigenvalue weighted by atomic mass is 9.97. The lowest BCUT2D eigenvalue weighted by Gasteiger charge is -2.04. The Labute approximate surface area is 123 Å². The molecule has 1 heteroatoms. The summed E-state index contributed by atoms with van der Waals surface area (Å²) in [6, 6.07) is 23.3. The molecule has 0 atom stereocenters. The van der Waals surface area contributed by atoms with Gasteiger partial charge < -0.3 is 4.42 Å². The molecule has 0 fully saturated rings. The van der Waals surface area contributed by atoms with E-state index in [1.54, 1.807) is 0 Å². The maximum absolute atomic E-state index is 6.11. The fraction of sp³-hybridized carbons (Fsp3) is 0.100. The first-order valence-corrected chi connectivity index (χ1v) is 7.37. The molecule has 1 heterocycles. The van der Waals surface area contributed by atoms with Crippen molar-refractivity contribution in [1.29, 1.82) is 0 Å². The zero-order valence-electron chi connectivity index (χ0n) is 12.0. The number of benzene rings is 3. The number of hydrogen-bond acceptors (Lipinski definition) is 1. The molecule has 21 heavy (non-hydrogen) atoms. The van der Waals surface area contributed by atoms with Gasteiger partial charge in [-0.2, -0.15) is 0 Å². The minimum absolute atomic E-state index is 0.896. The van der Waals surface area contributed by atoms with Crippen LogP contribution in [-0.4, -0.2) is 0 Å². The molecule has 0 aliphatic carbocycles. The minimum atomic E-state index is 0.896. The van der Waals surface area contributed by atoms with Crippen molar-refractivity contribution in [3.8, 4) is 11.1 Å². The molecule has 0 aliphatic rings. The molecular weight excluding hydrogens is 256 g/mol. The summed E-state index contributed by atoms with van der Waals surface area (Å²) in [4.78, 5) is 0. The van der Waals surface area contributed by atoms with Crippen LogP contribution in [0.4, 0.5) is 0 Å². The second-order valence-corrected chi connectivity index (χ2v) is 5.28. The average molecular weight is 272 g/mol. The highest BCUT2D eigenvalue weighted by atomic mass is 16.3. The first-order valence-electron chi connectivity index (χ1n) is 7.37. The van der Waals surface area contributed by atoms with E-state index in [2.05, 4.69) is 73.7 Å². The van der Waals surface area contributed by atoms with Gasteiger partial charge in [0.25, 0.3) is 0 Å². The van der Waals surface area contributed by atoms with Crippen LogP contribution in [0, 0.1) is 0 Å². The van der Waals surface area contributed by atoms with Gasteiger partial charge in [-0.25, -0.2) is 0 Å². The summed E-state index contributed by atoms with van der Waals surface area (Å²) >= 11 is 0. The van der Waals surface area contributed by atoms with Gasteiger partial charge in [0, 0.05) is 17.4 Å². The van der Waals surface area contributed by atoms with Crippen molar-refractivity contribution >= 4 is 21.7 Å². The second kappa shape index (κ2) is 4.78. The summed E-state index contributed by atoms with van der Waals surface area (Å²) in [6.07, 6.45) is 0.896. The third-order valence-corrected chi connectivity index (χ3v) is 4.04. The summed E-state index contributed by atoms with van der Waals surface area (Å²) in [5.41, 5.74) is 3.44. The Morgan fingerprint density at radius 3 is 2.38 bits per heavy atom. The van der Waals surface area contributed by atoms with Crippen LogP contribution in [0.3, 0.4) is 0 Å². The van der Waals surface area contributed by atoms with Gasteiger partial charge in [0.05, 0.1) is 0 Å². The summed E-state index contributed by atoms with van der Waals surface area (Å²) < 4.78 is 6.11. The zero-order valence-corrected chi connectivity index (χ0v) is 12.0. The van der Waals surface area contributed by atoms with E-state index >= 15 is 0 Å². The fourth-order valence-corrected chi connectivity index (χ4v) is 3.08. The maximum Gasteiger partial charge on any atom is 0.135 e. The van der Waals surface area contributed by atoms with E-state index in [1.807, 2.05) is 0 Å². The first kappa shape index (κ1) is 12.2. The van der Waals surface area contributed by atoms with Crippen molar-refractivity contribution in [2.75, 3.05) is 0 Å². The summed E-state index contributed by atoms with van der Waals surface area (Å²) in [6.45, 7) is 2.15. The van der Waals surface area contributed by atoms with Gasteiger partial charge in [-0.3, -0.25) is 0 Å². The second-order valence-electron chi connectivity index (χ2n) is 5.28. The van der Waals surface area contributed by atoms with E-state index in [0.29, 0.717) is 0 Å². The Hall–Kier alpha value is -2.54. The highest BCUT2D eigenvalue weighted by molar-refractivity contribution is 6.13. The van der Waals surface area contributed by atoms with Crippen molar-refractivity contribution in [1.82, 2.24) is 0 Å². The van der Waals surface area contributed by atoms with E-state index in [-0.39, 0.29) is 0 Å². The van der Waals surface area contributed by atoms with Gasteiger partial charge in [-0.1, -0.05) is 67.6 Å². The van der Waals surface area contributed by atoms with E-state index in [1.165, 1.54) is 27.3 Å². The van der Waals surface area contributed by atoms with Gasteiger partial charge in [0.1, 0.15) is 11.3 Å². The lowest BCUT2D eigenvalue weighted by molar-refractivity contribution is 0.559. The first-order chi connectivity index (χ1) is 10.4. The van der Waals surface area contributed by atoms with Crippen molar-refractivity contribution in [3.63, 3.8) is 0 Å². The molecule has 102 valence electrons. The summed E-state index contributed by atoms with van der Waals surface area (Å²) in [5, 5.41) is 3.75. The van der Waals surface area contributed by atoms with Gasteiger partial charge >= 0.3 is 0 Å². The third-order valence-electron chi connectivity index (χ3n) is 4.04. The normalized spacial score (nSPS) is 11.3. The molecule has 4 aromatic rings. The molecule has 0 spiro atoms. The van der Waals surface area contributed by atoms with Crippen molar-refractivity contribution < 1.29 is 4.42 Å². The number of furan rings is 1. The van der Waals surface area contributed by atoms with Gasteiger partial charge in [0.15, 0.2) is 0 Å². The van der Waals surface area contributed by atoms with Crippen LogP contribution in [0.1, 0.15) is 12.7 Å². The third kappa shape index (κ3) is 1.85. The number of fused-ring (bicyclic) bond motifs is 3. The topological polar surface area (TPSA) is 13.1 Å². The molecule has 4 rings (SSSR count). The van der Waals surface area contributed by atoms with Crippen molar-refractivity contribution in [2.24, 2.45) is 0 Å². The fourth-order valence-electron chi connectivity index (χ4n) is 3.08. The quantitative estimate of drug-likeness (QED) is 0.448. The number of hydrogen-bond donors (Lipinski definition) is 0. The smallest absolute Gasteiger partial charge is 0.135 e. The molecule has 3 aromatic carbocycles. The summed E-state index contributed by atoms with van der Waals surface area (Å²) in [5.74, 6) is 1.06. The van der Waals surface area contributed by atoms with Crippen LogP contribution in [0.15, 0.2) is 71.1 Å². The predicted octanol–water partition coefficient (Wildman–Crippen LogP) is 5.82. The van der Waals surface area contributed by atoms with Crippen LogP contribution < -0.4 is 0 Å². The highest BCUT2D eigenvalue weighted by Gasteiger charge is 2.16. The molecule has 0 saturated heterocycles. The molecule has 0 unspecified atom stereocenters. The largest absolute Gasteiger partial charge is 0.460 e. The Kier molecular flexibility index (Phi) is 2.78. The molecule has 0 N–H and O–H groups in total. The summed E-state index contributed by atoms with van der Waals surface area (Å²) in [7, 11) is 0. The Bertz CT molecular complexity index is 917. The van der Waals surface area contributed by atoms with Gasteiger partial charge in [-0.15, -0.1) is 0 Å². The van der Waals surface area contributed by atoms with Crippen LogP contribution >= 0.6 is 0 Å². The van der Waals surface area contributed by atoms with Crippen molar-refractivity contribution in [2.45, 2.75) is 13.3 Å². The molecule has 1 nitrogen and oxygen atoms in total. The zero-order chi connectivity index (χ0) is 14.2. The predicted molar refractivity (Wildman–Crippen MR) is 88.5 cm³/mol. The minimum Gasteiger partial charge on any atom is -0.460 e. The Morgan fingerprint density at radius 1 is 0.810 bits per heavy atom. The number of rotatable bonds is 2.